The Balaban J connectivity index is 2.20. The van der Waals surface area contributed by atoms with E-state index in [-0.39, 0.29) is 12.1 Å². The molecule has 2 N–H and O–H groups in total. The zero-order valence-corrected chi connectivity index (χ0v) is 13.5. The molecule has 0 aromatic heterocycles. The average molecular weight is 286 g/mol. The van der Waals surface area contributed by atoms with Gasteiger partial charge in [-0.3, -0.25) is 0 Å². The first-order valence-corrected chi connectivity index (χ1v) is 7.66. The SMILES string of the molecule is CCC(CNC(=O)OC(C)(C)C)NCC1CCC(C)O1. The quantitative estimate of drug-likeness (QED) is 0.787. The monoisotopic (exact) mass is 286 g/mol. The van der Waals surface area contributed by atoms with Crippen molar-refractivity contribution in [3.05, 3.63) is 0 Å². The smallest absolute Gasteiger partial charge is 0.407 e. The number of rotatable bonds is 6. The molecule has 3 unspecified atom stereocenters. The summed E-state index contributed by atoms with van der Waals surface area (Å²) in [5, 5.41) is 6.26. The molecule has 5 nitrogen and oxygen atoms in total. The highest BCUT2D eigenvalue weighted by Gasteiger charge is 2.22. The van der Waals surface area contributed by atoms with Crippen LogP contribution in [0.5, 0.6) is 0 Å². The largest absolute Gasteiger partial charge is 0.444 e. The molecule has 5 heteroatoms. The fraction of sp³-hybridized carbons (Fsp3) is 0.933. The number of hydrogen-bond donors (Lipinski definition) is 2. The molecule has 118 valence electrons. The Morgan fingerprint density at radius 3 is 2.60 bits per heavy atom. The number of carbonyl (C=O) groups excluding carboxylic acids is 1. The third kappa shape index (κ3) is 7.10. The molecule has 20 heavy (non-hydrogen) atoms. The van der Waals surface area contributed by atoms with E-state index in [1.54, 1.807) is 0 Å². The van der Waals surface area contributed by atoms with Gasteiger partial charge >= 0.3 is 6.09 Å². The maximum absolute atomic E-state index is 11.6. The number of alkyl carbamates (subject to hydrolysis) is 1. The molecule has 0 spiro atoms. The van der Waals surface area contributed by atoms with Crippen LogP contribution < -0.4 is 10.6 Å². The van der Waals surface area contributed by atoms with Crippen molar-refractivity contribution >= 4 is 6.09 Å². The Kier molecular flexibility index (Phi) is 6.76. The first kappa shape index (κ1) is 17.2. The van der Waals surface area contributed by atoms with Crippen LogP contribution in [0.25, 0.3) is 0 Å². The van der Waals surface area contributed by atoms with Gasteiger partial charge in [0.1, 0.15) is 5.60 Å². The summed E-state index contributed by atoms with van der Waals surface area (Å²) >= 11 is 0. The van der Waals surface area contributed by atoms with Gasteiger partial charge in [0.2, 0.25) is 0 Å². The molecule has 1 saturated heterocycles. The van der Waals surface area contributed by atoms with E-state index >= 15 is 0 Å². The van der Waals surface area contributed by atoms with Crippen molar-refractivity contribution in [1.82, 2.24) is 10.6 Å². The van der Waals surface area contributed by atoms with Crippen LogP contribution in [-0.4, -0.2) is 43.0 Å². The van der Waals surface area contributed by atoms with Crippen molar-refractivity contribution in [1.29, 1.82) is 0 Å². The molecular formula is C15H30N2O3. The third-order valence-corrected chi connectivity index (χ3v) is 3.34. The van der Waals surface area contributed by atoms with E-state index in [1.165, 1.54) is 0 Å². The highest BCUT2D eigenvalue weighted by atomic mass is 16.6. The first-order chi connectivity index (χ1) is 9.30. The Morgan fingerprint density at radius 1 is 1.40 bits per heavy atom. The molecule has 1 fully saturated rings. The van der Waals surface area contributed by atoms with Crippen molar-refractivity contribution in [2.45, 2.75) is 77.7 Å². The molecule has 1 aliphatic heterocycles. The lowest BCUT2D eigenvalue weighted by Gasteiger charge is -2.23. The highest BCUT2D eigenvalue weighted by molar-refractivity contribution is 5.67. The number of carbonyl (C=O) groups is 1. The fourth-order valence-electron chi connectivity index (χ4n) is 2.22. The molecular weight excluding hydrogens is 256 g/mol. The van der Waals surface area contributed by atoms with Gasteiger partial charge in [-0.25, -0.2) is 4.79 Å². The van der Waals surface area contributed by atoms with Crippen molar-refractivity contribution in [2.24, 2.45) is 0 Å². The van der Waals surface area contributed by atoms with Gasteiger partial charge < -0.3 is 20.1 Å². The minimum absolute atomic E-state index is 0.252. The van der Waals surface area contributed by atoms with Crippen LogP contribution in [0.4, 0.5) is 4.79 Å². The summed E-state index contributed by atoms with van der Waals surface area (Å²) in [5.41, 5.74) is -0.451. The van der Waals surface area contributed by atoms with Crippen LogP contribution in [0.3, 0.4) is 0 Å². The van der Waals surface area contributed by atoms with Gasteiger partial charge in [-0.05, 0) is 47.0 Å². The molecule has 0 aromatic carbocycles. The molecule has 1 aliphatic rings. The molecule has 0 aliphatic carbocycles. The molecule has 0 saturated carbocycles. The maximum Gasteiger partial charge on any atom is 0.407 e. The number of nitrogens with one attached hydrogen (secondary N) is 2. The molecule has 0 bridgehead atoms. The van der Waals surface area contributed by atoms with Crippen LogP contribution in [0.1, 0.15) is 53.9 Å². The lowest BCUT2D eigenvalue weighted by molar-refractivity contribution is 0.0502. The van der Waals surface area contributed by atoms with Crippen molar-refractivity contribution in [3.63, 3.8) is 0 Å². The van der Waals surface area contributed by atoms with Gasteiger partial charge in [-0.1, -0.05) is 6.92 Å². The molecule has 1 amide bonds. The van der Waals surface area contributed by atoms with Crippen LogP contribution in [0, 0.1) is 0 Å². The van der Waals surface area contributed by atoms with Crippen molar-refractivity contribution < 1.29 is 14.3 Å². The minimum atomic E-state index is -0.451. The van der Waals surface area contributed by atoms with Gasteiger partial charge in [-0.15, -0.1) is 0 Å². The number of hydrogen-bond acceptors (Lipinski definition) is 4. The van der Waals surface area contributed by atoms with Gasteiger partial charge in [0.25, 0.3) is 0 Å². The van der Waals surface area contributed by atoms with Gasteiger partial charge in [0, 0.05) is 19.1 Å². The molecule has 0 radical (unpaired) electrons. The van der Waals surface area contributed by atoms with Gasteiger partial charge in [0.05, 0.1) is 12.2 Å². The van der Waals surface area contributed by atoms with E-state index in [1.807, 2.05) is 20.8 Å². The zero-order chi connectivity index (χ0) is 15.2. The number of amides is 1. The molecule has 1 heterocycles. The lowest BCUT2D eigenvalue weighted by atomic mass is 10.2. The molecule has 0 aromatic rings. The maximum atomic E-state index is 11.6. The number of ether oxygens (including phenoxy) is 2. The Hall–Kier alpha value is -0.810. The summed E-state index contributed by atoms with van der Waals surface area (Å²) in [6.07, 6.45) is 3.53. The third-order valence-electron chi connectivity index (χ3n) is 3.34. The second-order valence-corrected chi connectivity index (χ2v) is 6.54. The summed E-state index contributed by atoms with van der Waals surface area (Å²) < 4.78 is 11.0. The van der Waals surface area contributed by atoms with Gasteiger partial charge in [-0.2, -0.15) is 0 Å². The lowest BCUT2D eigenvalue weighted by Crippen LogP contribution is -2.44. The first-order valence-electron chi connectivity index (χ1n) is 7.66. The van der Waals surface area contributed by atoms with Crippen LogP contribution in [-0.2, 0) is 9.47 Å². The predicted molar refractivity (Wildman–Crippen MR) is 79.9 cm³/mol. The topological polar surface area (TPSA) is 59.6 Å². The summed E-state index contributed by atoms with van der Waals surface area (Å²) in [7, 11) is 0. The standard InChI is InChI=1S/C15H30N2O3/c1-6-12(9-17-14(18)20-15(3,4)5)16-10-13-8-7-11(2)19-13/h11-13,16H,6-10H2,1-5H3,(H,17,18). The summed E-state index contributed by atoms with van der Waals surface area (Å²) in [4.78, 5) is 11.6. The van der Waals surface area contributed by atoms with Crippen LogP contribution in [0.15, 0.2) is 0 Å². The van der Waals surface area contributed by atoms with E-state index < -0.39 is 5.60 Å². The van der Waals surface area contributed by atoms with Crippen molar-refractivity contribution in [2.75, 3.05) is 13.1 Å². The highest BCUT2D eigenvalue weighted by Crippen LogP contribution is 2.18. The Bertz CT molecular complexity index is 302. The zero-order valence-electron chi connectivity index (χ0n) is 13.5. The minimum Gasteiger partial charge on any atom is -0.444 e. The Labute approximate surface area is 122 Å². The van der Waals surface area contributed by atoms with E-state index in [4.69, 9.17) is 9.47 Å². The van der Waals surface area contributed by atoms with Crippen LogP contribution >= 0.6 is 0 Å². The van der Waals surface area contributed by atoms with Crippen LogP contribution in [0.2, 0.25) is 0 Å². The normalized spacial score (nSPS) is 24.4. The van der Waals surface area contributed by atoms with Crippen molar-refractivity contribution in [3.8, 4) is 0 Å². The Morgan fingerprint density at radius 2 is 2.10 bits per heavy atom. The molecule has 1 rings (SSSR count). The fourth-order valence-corrected chi connectivity index (χ4v) is 2.22. The van der Waals surface area contributed by atoms with Gasteiger partial charge in [0.15, 0.2) is 0 Å². The second kappa shape index (κ2) is 7.84. The van der Waals surface area contributed by atoms with E-state index in [0.717, 1.165) is 25.8 Å². The predicted octanol–water partition coefficient (Wildman–Crippen LogP) is 2.45. The summed E-state index contributed by atoms with van der Waals surface area (Å²) in [6, 6.07) is 0.252. The summed E-state index contributed by atoms with van der Waals surface area (Å²) in [5.74, 6) is 0. The molecule has 3 atom stereocenters. The summed E-state index contributed by atoms with van der Waals surface area (Å²) in [6.45, 7) is 11.2. The van der Waals surface area contributed by atoms with E-state index in [0.29, 0.717) is 18.8 Å². The van der Waals surface area contributed by atoms with E-state index in [9.17, 15) is 4.79 Å². The van der Waals surface area contributed by atoms with E-state index in [2.05, 4.69) is 24.5 Å². The average Bonchev–Trinajstić information content (AvgIpc) is 2.73. The second-order valence-electron chi connectivity index (χ2n) is 6.54.